The van der Waals surface area contributed by atoms with Gasteiger partial charge in [-0.3, -0.25) is 0 Å². The summed E-state index contributed by atoms with van der Waals surface area (Å²) in [6, 6.07) is -0.0644. The molecule has 0 aliphatic carbocycles. The summed E-state index contributed by atoms with van der Waals surface area (Å²) in [6.45, 7) is 2.12. The Hall–Kier alpha value is -1.14. The summed E-state index contributed by atoms with van der Waals surface area (Å²) in [5, 5.41) is 7.97. The van der Waals surface area contributed by atoms with Crippen LogP contribution in [0, 0.1) is 0 Å². The molecule has 6 heteroatoms. The van der Waals surface area contributed by atoms with Crippen molar-refractivity contribution in [3.05, 3.63) is 16.6 Å². The van der Waals surface area contributed by atoms with Crippen LogP contribution < -0.4 is 10.6 Å². The first-order valence-corrected chi connectivity index (χ1v) is 5.67. The van der Waals surface area contributed by atoms with Crippen molar-refractivity contribution in [2.24, 2.45) is 0 Å². The van der Waals surface area contributed by atoms with Crippen LogP contribution in [-0.4, -0.2) is 43.1 Å². The van der Waals surface area contributed by atoms with Gasteiger partial charge >= 0.3 is 6.03 Å². The highest BCUT2D eigenvalue weighted by atomic mass is 32.1. The van der Waals surface area contributed by atoms with Crippen molar-refractivity contribution in [1.29, 1.82) is 0 Å². The number of aromatic nitrogens is 1. The van der Waals surface area contributed by atoms with Crippen LogP contribution >= 0.6 is 11.3 Å². The highest BCUT2D eigenvalue weighted by Gasteiger charge is 2.00. The van der Waals surface area contributed by atoms with E-state index in [0.29, 0.717) is 6.54 Å². The number of hydrogen-bond acceptors (Lipinski definition) is 4. The summed E-state index contributed by atoms with van der Waals surface area (Å²) in [5.41, 5.74) is 2.85. The Morgan fingerprint density at radius 1 is 1.53 bits per heavy atom. The number of nitrogens with zero attached hydrogens (tertiary/aromatic N) is 2. The van der Waals surface area contributed by atoms with Crippen molar-refractivity contribution in [2.75, 3.05) is 27.2 Å². The number of rotatable bonds is 5. The fourth-order valence-corrected chi connectivity index (χ4v) is 1.52. The molecule has 0 aliphatic rings. The lowest BCUT2D eigenvalue weighted by Crippen LogP contribution is -2.38. The van der Waals surface area contributed by atoms with Crippen LogP contribution in [0.5, 0.6) is 0 Å². The van der Waals surface area contributed by atoms with Crippen molar-refractivity contribution < 1.29 is 4.79 Å². The first kappa shape index (κ1) is 11.9. The van der Waals surface area contributed by atoms with E-state index in [0.717, 1.165) is 18.8 Å². The Morgan fingerprint density at radius 3 is 2.93 bits per heavy atom. The molecule has 2 amide bonds. The smallest absolute Gasteiger partial charge is 0.316 e. The number of carbonyl (C=O) groups excluding carboxylic acids is 1. The van der Waals surface area contributed by atoms with Gasteiger partial charge in [0.1, 0.15) is 0 Å². The van der Waals surface area contributed by atoms with E-state index in [4.69, 9.17) is 0 Å². The summed E-state index contributed by atoms with van der Waals surface area (Å²) < 4.78 is 0. The first-order valence-electron chi connectivity index (χ1n) is 4.73. The highest BCUT2D eigenvalue weighted by molar-refractivity contribution is 7.07. The summed E-state index contributed by atoms with van der Waals surface area (Å²) in [7, 11) is 3.44. The molecule has 0 bridgehead atoms. The lowest BCUT2D eigenvalue weighted by atomic mass is 10.5. The van der Waals surface area contributed by atoms with Gasteiger partial charge in [0.05, 0.1) is 11.2 Å². The molecule has 0 fully saturated rings. The van der Waals surface area contributed by atoms with Gasteiger partial charge < -0.3 is 15.5 Å². The molecule has 1 aromatic rings. The molecule has 1 rings (SSSR count). The van der Waals surface area contributed by atoms with E-state index in [1.807, 2.05) is 10.9 Å². The Labute approximate surface area is 93.5 Å². The predicted octanol–water partition coefficient (Wildman–Crippen LogP) is 0.504. The second-order valence-corrected chi connectivity index (χ2v) is 4.00. The van der Waals surface area contributed by atoms with Crippen molar-refractivity contribution in [1.82, 2.24) is 20.5 Å². The molecule has 0 unspecified atom stereocenters. The van der Waals surface area contributed by atoms with Gasteiger partial charge in [0, 0.05) is 39.1 Å². The predicted molar refractivity (Wildman–Crippen MR) is 60.9 cm³/mol. The molecule has 0 atom stereocenters. The third-order valence-corrected chi connectivity index (χ3v) is 2.41. The van der Waals surface area contributed by atoms with Crippen LogP contribution in [0.1, 0.15) is 5.69 Å². The first-order chi connectivity index (χ1) is 7.20. The molecule has 0 spiro atoms. The molecule has 84 valence electrons. The van der Waals surface area contributed by atoms with Gasteiger partial charge in [0.2, 0.25) is 0 Å². The zero-order valence-corrected chi connectivity index (χ0v) is 9.80. The van der Waals surface area contributed by atoms with Crippen LogP contribution in [-0.2, 0) is 6.54 Å². The van der Waals surface area contributed by atoms with Crippen LogP contribution in [0.3, 0.4) is 0 Å². The molecular weight excluding hydrogens is 212 g/mol. The van der Waals surface area contributed by atoms with E-state index in [9.17, 15) is 4.79 Å². The van der Waals surface area contributed by atoms with E-state index in [2.05, 4.69) is 15.6 Å². The van der Waals surface area contributed by atoms with Gasteiger partial charge in [-0.05, 0) is 0 Å². The molecule has 1 heterocycles. The highest BCUT2D eigenvalue weighted by Crippen LogP contribution is 1.98. The zero-order chi connectivity index (χ0) is 11.1. The topological polar surface area (TPSA) is 57.3 Å². The zero-order valence-electron chi connectivity index (χ0n) is 8.99. The van der Waals surface area contributed by atoms with Gasteiger partial charge in [-0.1, -0.05) is 0 Å². The number of hydrogen-bond donors (Lipinski definition) is 2. The SMILES string of the molecule is CN(C)C(=O)NCCNCc1cscn1. The number of urea groups is 1. The Bertz CT molecular complexity index is 286. The van der Waals surface area contributed by atoms with Crippen LogP contribution in [0.2, 0.25) is 0 Å². The maximum absolute atomic E-state index is 11.1. The number of carbonyl (C=O) groups is 1. The monoisotopic (exact) mass is 228 g/mol. The Morgan fingerprint density at radius 2 is 2.33 bits per heavy atom. The lowest BCUT2D eigenvalue weighted by Gasteiger charge is -2.11. The minimum atomic E-state index is -0.0644. The van der Waals surface area contributed by atoms with E-state index in [1.165, 1.54) is 4.90 Å². The largest absolute Gasteiger partial charge is 0.337 e. The van der Waals surface area contributed by atoms with E-state index in [1.54, 1.807) is 25.4 Å². The van der Waals surface area contributed by atoms with Crippen molar-refractivity contribution in [2.45, 2.75) is 6.54 Å². The maximum Gasteiger partial charge on any atom is 0.316 e. The van der Waals surface area contributed by atoms with E-state index < -0.39 is 0 Å². The lowest BCUT2D eigenvalue weighted by molar-refractivity contribution is 0.217. The normalized spacial score (nSPS) is 10.0. The molecule has 0 aromatic carbocycles. The minimum Gasteiger partial charge on any atom is -0.337 e. The molecule has 0 aliphatic heterocycles. The fourth-order valence-electron chi connectivity index (χ4n) is 0.957. The van der Waals surface area contributed by atoms with Crippen molar-refractivity contribution >= 4 is 17.4 Å². The maximum atomic E-state index is 11.1. The van der Waals surface area contributed by atoms with Gasteiger partial charge in [-0.15, -0.1) is 11.3 Å². The molecule has 2 N–H and O–H groups in total. The van der Waals surface area contributed by atoms with Gasteiger partial charge in [-0.2, -0.15) is 0 Å². The van der Waals surface area contributed by atoms with Gasteiger partial charge in [-0.25, -0.2) is 9.78 Å². The second-order valence-electron chi connectivity index (χ2n) is 3.28. The van der Waals surface area contributed by atoms with Crippen molar-refractivity contribution in [3.63, 3.8) is 0 Å². The number of thiazole rings is 1. The van der Waals surface area contributed by atoms with Crippen molar-refractivity contribution in [3.8, 4) is 0 Å². The number of nitrogens with one attached hydrogen (secondary N) is 2. The third kappa shape index (κ3) is 4.75. The Balaban J connectivity index is 2.00. The Kier molecular flexibility index (Phi) is 5.06. The molecule has 0 saturated heterocycles. The minimum absolute atomic E-state index is 0.0644. The third-order valence-electron chi connectivity index (χ3n) is 1.77. The second kappa shape index (κ2) is 6.36. The summed E-state index contributed by atoms with van der Waals surface area (Å²) in [4.78, 5) is 16.8. The van der Waals surface area contributed by atoms with E-state index in [-0.39, 0.29) is 6.03 Å². The van der Waals surface area contributed by atoms with Gasteiger partial charge in [0.25, 0.3) is 0 Å². The molecular formula is C9H16N4OS. The number of amides is 2. The summed E-state index contributed by atoms with van der Waals surface area (Å²) in [6.07, 6.45) is 0. The summed E-state index contributed by atoms with van der Waals surface area (Å²) >= 11 is 1.58. The average Bonchev–Trinajstić information content (AvgIpc) is 2.69. The fraction of sp³-hybridized carbons (Fsp3) is 0.556. The molecule has 0 saturated carbocycles. The summed E-state index contributed by atoms with van der Waals surface area (Å²) in [5.74, 6) is 0. The molecule has 5 nitrogen and oxygen atoms in total. The molecule has 1 aromatic heterocycles. The molecule has 15 heavy (non-hydrogen) atoms. The quantitative estimate of drug-likeness (QED) is 0.722. The van der Waals surface area contributed by atoms with E-state index >= 15 is 0 Å². The van der Waals surface area contributed by atoms with Crippen LogP contribution in [0.25, 0.3) is 0 Å². The van der Waals surface area contributed by atoms with Crippen LogP contribution in [0.4, 0.5) is 4.79 Å². The standard InChI is InChI=1S/C9H16N4OS/c1-13(2)9(14)11-4-3-10-5-8-6-15-7-12-8/h6-7,10H,3-5H2,1-2H3,(H,11,14). The average molecular weight is 228 g/mol. The van der Waals surface area contributed by atoms with Gasteiger partial charge in [0.15, 0.2) is 0 Å². The molecule has 0 radical (unpaired) electrons. The van der Waals surface area contributed by atoms with Crippen LogP contribution in [0.15, 0.2) is 10.9 Å².